The third kappa shape index (κ3) is 4.09. The molecule has 9 heteroatoms. The molecule has 0 spiro atoms. The van der Waals surface area contributed by atoms with E-state index < -0.39 is 11.8 Å². The number of amides is 1. The SMILES string of the molecule is O=C(Nc1ccc(OC(F)(F)F)cc1)C1(c2ccc3c(c2)OCO3)CCOCC1. The monoisotopic (exact) mass is 409 g/mol. The van der Waals surface area contributed by atoms with Crippen LogP contribution in [0.1, 0.15) is 18.4 Å². The summed E-state index contributed by atoms with van der Waals surface area (Å²) < 4.78 is 57.0. The third-order valence-corrected chi connectivity index (χ3v) is 5.05. The van der Waals surface area contributed by atoms with Crippen LogP contribution in [-0.2, 0) is 14.9 Å². The quantitative estimate of drug-likeness (QED) is 0.827. The molecule has 0 unspecified atom stereocenters. The largest absolute Gasteiger partial charge is 0.573 e. The second kappa shape index (κ2) is 7.47. The number of hydrogen-bond acceptors (Lipinski definition) is 5. The molecule has 0 atom stereocenters. The van der Waals surface area contributed by atoms with Gasteiger partial charge in [0.05, 0.1) is 5.41 Å². The van der Waals surface area contributed by atoms with Gasteiger partial charge in [0.1, 0.15) is 5.75 Å². The number of nitrogens with one attached hydrogen (secondary N) is 1. The van der Waals surface area contributed by atoms with E-state index in [0.717, 1.165) is 17.7 Å². The number of fused-ring (bicyclic) bond motifs is 1. The van der Waals surface area contributed by atoms with Crippen LogP contribution in [0.2, 0.25) is 0 Å². The molecule has 2 aliphatic rings. The normalized spacial score (nSPS) is 17.6. The van der Waals surface area contributed by atoms with Crippen LogP contribution in [0.15, 0.2) is 42.5 Å². The second-order valence-corrected chi connectivity index (χ2v) is 6.79. The Balaban J connectivity index is 1.56. The van der Waals surface area contributed by atoms with Gasteiger partial charge in [0.15, 0.2) is 11.5 Å². The smallest absolute Gasteiger partial charge is 0.454 e. The molecule has 0 bridgehead atoms. The maximum atomic E-state index is 13.3. The van der Waals surface area contributed by atoms with Gasteiger partial charge in [0, 0.05) is 18.9 Å². The Morgan fingerprint density at radius 3 is 2.38 bits per heavy atom. The minimum atomic E-state index is -4.77. The van der Waals surface area contributed by atoms with Gasteiger partial charge in [-0.1, -0.05) is 6.07 Å². The van der Waals surface area contributed by atoms with E-state index in [0.29, 0.717) is 43.2 Å². The third-order valence-electron chi connectivity index (χ3n) is 5.05. The molecule has 0 radical (unpaired) electrons. The first-order valence-corrected chi connectivity index (χ1v) is 9.01. The molecule has 29 heavy (non-hydrogen) atoms. The lowest BCUT2D eigenvalue weighted by molar-refractivity contribution is -0.274. The number of halogens is 3. The second-order valence-electron chi connectivity index (χ2n) is 6.79. The fourth-order valence-electron chi connectivity index (χ4n) is 3.55. The summed E-state index contributed by atoms with van der Waals surface area (Å²) in [6.45, 7) is 0.966. The first kappa shape index (κ1) is 19.4. The van der Waals surface area contributed by atoms with Gasteiger partial charge in [-0.15, -0.1) is 13.2 Å². The number of hydrogen-bond donors (Lipinski definition) is 1. The van der Waals surface area contributed by atoms with Crippen molar-refractivity contribution >= 4 is 11.6 Å². The summed E-state index contributed by atoms with van der Waals surface area (Å²) in [5.74, 6) is 0.586. The van der Waals surface area contributed by atoms with E-state index >= 15 is 0 Å². The summed E-state index contributed by atoms with van der Waals surface area (Å²) in [6, 6.07) is 10.4. The fourth-order valence-corrected chi connectivity index (χ4v) is 3.55. The zero-order valence-electron chi connectivity index (χ0n) is 15.3. The van der Waals surface area contributed by atoms with Crippen molar-refractivity contribution in [3.63, 3.8) is 0 Å². The molecule has 0 saturated carbocycles. The molecular formula is C20H18F3NO5. The molecule has 2 aliphatic heterocycles. The van der Waals surface area contributed by atoms with Crippen LogP contribution in [0.3, 0.4) is 0 Å². The Bertz CT molecular complexity index is 892. The van der Waals surface area contributed by atoms with Crippen molar-refractivity contribution in [1.29, 1.82) is 0 Å². The van der Waals surface area contributed by atoms with Crippen molar-refractivity contribution in [2.45, 2.75) is 24.6 Å². The lowest BCUT2D eigenvalue weighted by Gasteiger charge is -2.36. The van der Waals surface area contributed by atoms with Crippen LogP contribution < -0.4 is 19.5 Å². The van der Waals surface area contributed by atoms with Crippen molar-refractivity contribution in [3.05, 3.63) is 48.0 Å². The predicted molar refractivity (Wildman–Crippen MR) is 96.1 cm³/mol. The van der Waals surface area contributed by atoms with Gasteiger partial charge in [-0.2, -0.15) is 0 Å². The van der Waals surface area contributed by atoms with Gasteiger partial charge in [0.25, 0.3) is 0 Å². The van der Waals surface area contributed by atoms with E-state index in [9.17, 15) is 18.0 Å². The maximum Gasteiger partial charge on any atom is 0.573 e. The molecule has 1 fully saturated rings. The Morgan fingerprint density at radius 2 is 1.69 bits per heavy atom. The van der Waals surface area contributed by atoms with Crippen LogP contribution in [0.4, 0.5) is 18.9 Å². The van der Waals surface area contributed by atoms with Gasteiger partial charge < -0.3 is 24.3 Å². The Labute approximate surface area is 164 Å². The molecule has 2 aromatic rings. The first-order valence-electron chi connectivity index (χ1n) is 9.01. The molecule has 0 aromatic heterocycles. The zero-order valence-corrected chi connectivity index (χ0v) is 15.3. The lowest BCUT2D eigenvalue weighted by Crippen LogP contribution is -2.44. The maximum absolute atomic E-state index is 13.3. The number of anilines is 1. The van der Waals surface area contributed by atoms with Gasteiger partial charge in [-0.25, -0.2) is 0 Å². The number of carbonyl (C=O) groups is 1. The minimum absolute atomic E-state index is 0.132. The number of benzene rings is 2. The van der Waals surface area contributed by atoms with Crippen molar-refractivity contribution < 1.29 is 36.9 Å². The van der Waals surface area contributed by atoms with Gasteiger partial charge in [-0.3, -0.25) is 4.79 Å². The minimum Gasteiger partial charge on any atom is -0.454 e. The molecule has 2 aromatic carbocycles. The van der Waals surface area contributed by atoms with Crippen LogP contribution in [0.5, 0.6) is 17.2 Å². The molecule has 0 aliphatic carbocycles. The van der Waals surface area contributed by atoms with Crippen molar-refractivity contribution in [2.75, 3.05) is 25.3 Å². The molecule has 154 valence electrons. The number of rotatable bonds is 4. The zero-order chi connectivity index (χ0) is 20.5. The number of carbonyl (C=O) groups excluding carboxylic acids is 1. The average Bonchev–Trinajstić information content (AvgIpc) is 3.17. The topological polar surface area (TPSA) is 66.0 Å². The van der Waals surface area contributed by atoms with Gasteiger partial charge in [0.2, 0.25) is 12.7 Å². The standard InChI is InChI=1S/C20H18F3NO5/c21-20(22,23)29-15-4-2-14(3-5-15)24-18(25)19(7-9-26-10-8-19)13-1-6-16-17(11-13)28-12-27-16/h1-6,11H,7-10,12H2,(H,24,25). The summed E-state index contributed by atoms with van der Waals surface area (Å²) >= 11 is 0. The average molecular weight is 409 g/mol. The van der Waals surface area contributed by atoms with E-state index in [-0.39, 0.29) is 18.4 Å². The Kier molecular flexibility index (Phi) is 4.99. The molecule has 1 N–H and O–H groups in total. The molecule has 1 saturated heterocycles. The summed E-state index contributed by atoms with van der Waals surface area (Å²) in [5, 5.41) is 2.81. The van der Waals surface area contributed by atoms with E-state index in [4.69, 9.17) is 14.2 Å². The van der Waals surface area contributed by atoms with E-state index in [1.54, 1.807) is 12.1 Å². The van der Waals surface area contributed by atoms with E-state index in [1.165, 1.54) is 12.1 Å². The lowest BCUT2D eigenvalue weighted by atomic mass is 9.73. The van der Waals surface area contributed by atoms with Crippen LogP contribution >= 0.6 is 0 Å². The van der Waals surface area contributed by atoms with E-state index in [2.05, 4.69) is 10.1 Å². The molecular weight excluding hydrogens is 391 g/mol. The number of alkyl halides is 3. The molecule has 2 heterocycles. The predicted octanol–water partition coefficient (Wildman–Crippen LogP) is 4.00. The fraction of sp³-hybridized carbons (Fsp3) is 0.350. The van der Waals surface area contributed by atoms with Crippen LogP contribution in [0.25, 0.3) is 0 Å². The van der Waals surface area contributed by atoms with Crippen LogP contribution in [-0.4, -0.2) is 32.3 Å². The summed E-state index contributed by atoms with van der Waals surface area (Å²) in [4.78, 5) is 13.3. The number of ether oxygens (including phenoxy) is 4. The molecule has 4 rings (SSSR count). The highest BCUT2D eigenvalue weighted by atomic mass is 19.4. The molecule has 6 nitrogen and oxygen atoms in total. The van der Waals surface area contributed by atoms with Gasteiger partial charge in [-0.05, 0) is 54.8 Å². The van der Waals surface area contributed by atoms with Gasteiger partial charge >= 0.3 is 6.36 Å². The Morgan fingerprint density at radius 1 is 1.00 bits per heavy atom. The van der Waals surface area contributed by atoms with Crippen molar-refractivity contribution in [1.82, 2.24) is 0 Å². The Hall–Kier alpha value is -2.94. The summed E-state index contributed by atoms with van der Waals surface area (Å²) in [7, 11) is 0. The van der Waals surface area contributed by atoms with E-state index in [1.807, 2.05) is 6.07 Å². The van der Waals surface area contributed by atoms with Crippen LogP contribution in [0, 0.1) is 0 Å². The molecule has 1 amide bonds. The highest BCUT2D eigenvalue weighted by Gasteiger charge is 2.42. The summed E-state index contributed by atoms with van der Waals surface area (Å²) in [6.07, 6.45) is -3.84. The van der Waals surface area contributed by atoms with Crippen molar-refractivity contribution in [2.24, 2.45) is 0 Å². The van der Waals surface area contributed by atoms with Crippen molar-refractivity contribution in [3.8, 4) is 17.2 Å². The highest BCUT2D eigenvalue weighted by Crippen LogP contribution is 2.41. The summed E-state index contributed by atoms with van der Waals surface area (Å²) in [5.41, 5.74) is 0.302. The first-order chi connectivity index (χ1) is 13.9. The highest BCUT2D eigenvalue weighted by molar-refractivity contribution is 5.99.